The fraction of sp³-hybridized carbons (Fsp3) is 0. The molecule has 3 aromatic carbocycles. The summed E-state index contributed by atoms with van der Waals surface area (Å²) in [5.74, 6) is -2.64. The Hall–Kier alpha value is -5.32. The smallest absolute Gasteiger partial charge is 0.344 e. The third-order valence-corrected chi connectivity index (χ3v) is 5.06. The number of carbonyl (C=O) groups excluding carboxylic acids is 2. The molecular weight excluding hydrogens is 568 g/mol. The average molecular weight is 577 g/mol. The van der Waals surface area contributed by atoms with Gasteiger partial charge in [0.05, 0.1) is 47.4 Å². The molecule has 0 fully saturated rings. The molecule has 0 radical (unpaired) electrons. The van der Waals surface area contributed by atoms with Gasteiger partial charge in [-0.3, -0.25) is 40.5 Å². The van der Waals surface area contributed by atoms with Gasteiger partial charge >= 0.3 is 11.9 Å². The van der Waals surface area contributed by atoms with E-state index in [0.717, 1.165) is 42.5 Å². The highest BCUT2D eigenvalue weighted by Gasteiger charge is 2.23. The van der Waals surface area contributed by atoms with Crippen LogP contribution in [0.3, 0.4) is 0 Å². The van der Waals surface area contributed by atoms with Crippen LogP contribution in [0.25, 0.3) is 0 Å². The standard InChI is InChI=1S/C20H9BrN4O12/c21-17-9-16(36-19(26)10-3-12(22(28)29)7-13(4-10)23(30)31)1-2-18(17)37-20(27)11-5-14(24(32)33)8-15(6-11)25(34)35/h1-9H. The lowest BCUT2D eigenvalue weighted by Gasteiger charge is -2.09. The monoisotopic (exact) mass is 576 g/mol. The molecule has 0 unspecified atom stereocenters. The van der Waals surface area contributed by atoms with Crippen molar-refractivity contribution in [1.29, 1.82) is 0 Å². The molecule has 16 nitrogen and oxygen atoms in total. The zero-order valence-electron chi connectivity index (χ0n) is 17.8. The molecular formula is C20H9BrN4O12. The Labute approximate surface area is 211 Å². The summed E-state index contributed by atoms with van der Waals surface area (Å²) in [7, 11) is 0. The Balaban J connectivity index is 1.82. The van der Waals surface area contributed by atoms with E-state index < -0.39 is 65.5 Å². The lowest BCUT2D eigenvalue weighted by molar-refractivity contribution is -0.394. The first-order valence-electron chi connectivity index (χ1n) is 9.47. The normalized spacial score (nSPS) is 10.3. The number of benzene rings is 3. The zero-order valence-corrected chi connectivity index (χ0v) is 19.3. The van der Waals surface area contributed by atoms with E-state index in [2.05, 4.69) is 15.9 Å². The molecule has 0 spiro atoms. The number of hydrogen-bond donors (Lipinski definition) is 0. The Morgan fingerprint density at radius 1 is 0.595 bits per heavy atom. The van der Waals surface area contributed by atoms with Gasteiger partial charge in [0.15, 0.2) is 0 Å². The van der Waals surface area contributed by atoms with Gasteiger partial charge in [0.1, 0.15) is 11.5 Å². The SMILES string of the molecule is O=C(Oc1ccc(OC(=O)c2cc([N+](=O)[O-])cc([N+](=O)[O-])c2)c(Br)c1)c1cc([N+](=O)[O-])cc([N+](=O)[O-])c1. The number of ether oxygens (including phenoxy) is 2. The van der Waals surface area contributed by atoms with E-state index in [1.807, 2.05) is 0 Å². The quantitative estimate of drug-likeness (QED) is 0.156. The first-order chi connectivity index (χ1) is 17.3. The Morgan fingerprint density at radius 3 is 1.32 bits per heavy atom. The van der Waals surface area contributed by atoms with E-state index >= 15 is 0 Å². The zero-order chi connectivity index (χ0) is 27.4. The van der Waals surface area contributed by atoms with Crippen molar-refractivity contribution in [2.75, 3.05) is 0 Å². The molecule has 0 aliphatic carbocycles. The van der Waals surface area contributed by atoms with Crippen LogP contribution in [-0.2, 0) is 0 Å². The highest BCUT2D eigenvalue weighted by Crippen LogP contribution is 2.32. The van der Waals surface area contributed by atoms with Crippen LogP contribution in [0.1, 0.15) is 20.7 Å². The summed E-state index contributed by atoms with van der Waals surface area (Å²) >= 11 is 3.07. The fourth-order valence-corrected chi connectivity index (χ4v) is 3.24. The minimum absolute atomic E-state index is 0.0381. The highest BCUT2D eigenvalue weighted by molar-refractivity contribution is 9.10. The summed E-state index contributed by atoms with van der Waals surface area (Å²) < 4.78 is 10.2. The van der Waals surface area contributed by atoms with Crippen LogP contribution in [0.4, 0.5) is 22.7 Å². The van der Waals surface area contributed by atoms with Crippen LogP contribution in [0.15, 0.2) is 59.1 Å². The summed E-state index contributed by atoms with van der Waals surface area (Å²) in [6, 6.07) is 7.95. The maximum Gasteiger partial charge on any atom is 0.344 e. The van der Waals surface area contributed by atoms with E-state index in [-0.39, 0.29) is 16.0 Å². The van der Waals surface area contributed by atoms with Crippen molar-refractivity contribution >= 4 is 50.6 Å². The number of non-ortho nitro benzene ring substituents is 4. The number of nitro groups is 4. The van der Waals surface area contributed by atoms with Crippen molar-refractivity contribution in [2.45, 2.75) is 0 Å². The van der Waals surface area contributed by atoms with Crippen molar-refractivity contribution in [3.8, 4) is 11.5 Å². The van der Waals surface area contributed by atoms with Crippen molar-refractivity contribution in [3.63, 3.8) is 0 Å². The van der Waals surface area contributed by atoms with Crippen LogP contribution in [0.5, 0.6) is 11.5 Å². The maximum absolute atomic E-state index is 12.5. The fourth-order valence-electron chi connectivity index (χ4n) is 2.80. The predicted molar refractivity (Wildman–Crippen MR) is 124 cm³/mol. The lowest BCUT2D eigenvalue weighted by atomic mass is 10.1. The number of rotatable bonds is 8. The number of nitrogens with zero attached hydrogens (tertiary/aromatic N) is 4. The number of halogens is 1. The molecule has 0 aromatic heterocycles. The molecule has 3 aromatic rings. The van der Waals surface area contributed by atoms with Crippen LogP contribution >= 0.6 is 15.9 Å². The van der Waals surface area contributed by atoms with Gasteiger partial charge in [-0.1, -0.05) is 0 Å². The summed E-state index contributed by atoms with van der Waals surface area (Å²) in [6.07, 6.45) is 0. The molecule has 0 bridgehead atoms. The lowest BCUT2D eigenvalue weighted by Crippen LogP contribution is -2.11. The van der Waals surface area contributed by atoms with E-state index in [0.29, 0.717) is 12.1 Å². The second kappa shape index (κ2) is 10.5. The molecule has 37 heavy (non-hydrogen) atoms. The molecule has 0 saturated heterocycles. The highest BCUT2D eigenvalue weighted by atomic mass is 79.9. The average Bonchev–Trinajstić information content (AvgIpc) is 2.84. The van der Waals surface area contributed by atoms with Crippen molar-refractivity contribution in [3.05, 3.63) is 111 Å². The van der Waals surface area contributed by atoms with Crippen LogP contribution < -0.4 is 9.47 Å². The van der Waals surface area contributed by atoms with Crippen LogP contribution in [0.2, 0.25) is 0 Å². The van der Waals surface area contributed by atoms with E-state index in [1.165, 1.54) is 0 Å². The van der Waals surface area contributed by atoms with Gasteiger partial charge in [0.2, 0.25) is 0 Å². The van der Waals surface area contributed by atoms with Gasteiger partial charge in [-0.25, -0.2) is 9.59 Å². The van der Waals surface area contributed by atoms with Crippen molar-refractivity contribution in [1.82, 2.24) is 0 Å². The van der Waals surface area contributed by atoms with Crippen LogP contribution in [0, 0.1) is 40.5 Å². The third-order valence-electron chi connectivity index (χ3n) is 4.44. The third kappa shape index (κ3) is 6.22. The topological polar surface area (TPSA) is 225 Å². The van der Waals surface area contributed by atoms with Gasteiger partial charge in [-0.15, -0.1) is 0 Å². The molecule has 0 atom stereocenters. The van der Waals surface area contributed by atoms with Gasteiger partial charge in [0, 0.05) is 24.3 Å². The molecule has 0 N–H and O–H groups in total. The van der Waals surface area contributed by atoms with E-state index in [9.17, 15) is 50.0 Å². The van der Waals surface area contributed by atoms with E-state index in [1.54, 1.807) is 0 Å². The molecule has 17 heteroatoms. The first-order valence-corrected chi connectivity index (χ1v) is 10.3. The number of carbonyl (C=O) groups is 2. The molecule has 0 amide bonds. The largest absolute Gasteiger partial charge is 0.423 e. The second-order valence-electron chi connectivity index (χ2n) is 6.88. The molecule has 0 saturated carbocycles. The van der Waals surface area contributed by atoms with Crippen molar-refractivity contribution < 1.29 is 38.8 Å². The van der Waals surface area contributed by atoms with Gasteiger partial charge in [0.25, 0.3) is 22.7 Å². The second-order valence-corrected chi connectivity index (χ2v) is 7.73. The Kier molecular flexibility index (Phi) is 7.48. The van der Waals surface area contributed by atoms with Crippen LogP contribution in [-0.4, -0.2) is 31.6 Å². The minimum atomic E-state index is -1.17. The minimum Gasteiger partial charge on any atom is -0.423 e. The number of esters is 2. The molecule has 0 aliphatic heterocycles. The van der Waals surface area contributed by atoms with Gasteiger partial charge in [-0.05, 0) is 34.1 Å². The molecule has 3 rings (SSSR count). The maximum atomic E-state index is 12.5. The van der Waals surface area contributed by atoms with Gasteiger partial charge < -0.3 is 9.47 Å². The summed E-state index contributed by atoms with van der Waals surface area (Å²) in [5, 5.41) is 44.0. The summed E-state index contributed by atoms with van der Waals surface area (Å²) in [6.45, 7) is 0. The van der Waals surface area contributed by atoms with E-state index in [4.69, 9.17) is 9.47 Å². The summed E-state index contributed by atoms with van der Waals surface area (Å²) in [4.78, 5) is 65.2. The molecule has 0 aliphatic rings. The number of nitro benzene ring substituents is 4. The first kappa shape index (κ1) is 26.3. The predicted octanol–water partition coefficient (Wildman–Crippen LogP) is 4.52. The Morgan fingerprint density at radius 2 is 0.973 bits per heavy atom. The molecule has 188 valence electrons. The molecule has 0 heterocycles. The van der Waals surface area contributed by atoms with Gasteiger partial charge in [-0.2, -0.15) is 0 Å². The summed E-state index contributed by atoms with van der Waals surface area (Å²) in [5.41, 5.74) is -3.76. The number of hydrogen-bond acceptors (Lipinski definition) is 12. The Bertz CT molecular complexity index is 1440. The van der Waals surface area contributed by atoms with Crippen molar-refractivity contribution in [2.24, 2.45) is 0 Å².